The second-order valence-corrected chi connectivity index (χ2v) is 15.2. The molecule has 1 aliphatic heterocycles. The van der Waals surface area contributed by atoms with E-state index >= 15 is 0 Å². The van der Waals surface area contributed by atoms with Gasteiger partial charge in [-0.3, -0.25) is 9.35 Å². The van der Waals surface area contributed by atoms with Crippen molar-refractivity contribution in [2.24, 2.45) is 0 Å². The van der Waals surface area contributed by atoms with Gasteiger partial charge < -0.3 is 34.3 Å². The number of esters is 1. The molecule has 0 radical (unpaired) electrons. The molecule has 1 fully saturated rings. The maximum Gasteiger partial charge on any atom is 0.397 e. The summed E-state index contributed by atoms with van der Waals surface area (Å²) in [6, 6.07) is 0. The third-order valence-corrected chi connectivity index (χ3v) is 9.59. The van der Waals surface area contributed by atoms with Gasteiger partial charge in [0.1, 0.15) is 30.5 Å². The summed E-state index contributed by atoms with van der Waals surface area (Å²) in [7, 11) is -5.07. The highest BCUT2D eigenvalue weighted by atomic mass is 32.3. The largest absolute Gasteiger partial charge is 0.457 e. The molecular weight excluding hydrogens is 741 g/mol. The number of hydrogen-bond acceptors (Lipinski definition) is 11. The van der Waals surface area contributed by atoms with Crippen LogP contribution in [0.1, 0.15) is 142 Å². The average Bonchev–Trinajstić information content (AvgIpc) is 3.17. The molecule has 12 nitrogen and oxygen atoms in total. The van der Waals surface area contributed by atoms with Gasteiger partial charge in [0.05, 0.1) is 19.8 Å². The van der Waals surface area contributed by atoms with Crippen LogP contribution in [0.2, 0.25) is 0 Å². The van der Waals surface area contributed by atoms with E-state index in [1.807, 2.05) is 0 Å². The summed E-state index contributed by atoms with van der Waals surface area (Å²) in [5.41, 5.74) is 0. The topological polar surface area (TPSA) is 178 Å². The maximum absolute atomic E-state index is 12.8. The molecule has 0 aromatic heterocycles. The van der Waals surface area contributed by atoms with Crippen LogP contribution < -0.4 is 0 Å². The average molecular weight is 815 g/mol. The van der Waals surface area contributed by atoms with E-state index in [1.165, 1.54) is 19.3 Å². The Morgan fingerprint density at radius 1 is 0.696 bits per heavy atom. The molecular formula is C43H74O12S. The third-order valence-electron chi connectivity index (χ3n) is 9.12. The molecule has 0 saturated carbocycles. The van der Waals surface area contributed by atoms with Gasteiger partial charge in [-0.05, 0) is 77.0 Å². The van der Waals surface area contributed by atoms with Crippen LogP contribution in [0.5, 0.6) is 0 Å². The van der Waals surface area contributed by atoms with Crippen LogP contribution in [0.25, 0.3) is 0 Å². The standard InChI is InChI=1S/C43H74O12S/c1-3-5-7-9-11-13-15-17-19-20-22-24-26-28-30-32-39(45)53-37(35-51-33-31-29-27-25-23-21-18-16-14-12-10-8-6-4-2)36-52-43-41(47)42(55-56(48,49)50)40(46)38(34-44)54-43/h6,8,11-14,17-19,21,37-38,40-44,46-47H,3-5,7,9-10,15-16,20,22-36H2,1-2H3,(H,48,49,50)/b8-6-,13-11-,14-12-,19-17-,21-18-. The molecule has 1 aliphatic rings. The Kier molecular flexibility index (Phi) is 32.2. The number of carbonyl (C=O) groups is 1. The lowest BCUT2D eigenvalue weighted by Gasteiger charge is -2.41. The van der Waals surface area contributed by atoms with Crippen LogP contribution in [-0.4, -0.2) is 97.5 Å². The number of aliphatic hydroxyl groups is 3. The molecule has 0 aromatic rings. The van der Waals surface area contributed by atoms with Gasteiger partial charge in [-0.1, -0.05) is 120 Å². The number of carbonyl (C=O) groups excluding carboxylic acids is 1. The van der Waals surface area contributed by atoms with Gasteiger partial charge >= 0.3 is 16.4 Å². The van der Waals surface area contributed by atoms with Gasteiger partial charge in [0.15, 0.2) is 6.29 Å². The van der Waals surface area contributed by atoms with E-state index in [9.17, 15) is 28.5 Å². The molecule has 1 rings (SSSR count). The maximum atomic E-state index is 12.8. The first-order chi connectivity index (χ1) is 27.1. The Labute approximate surface area is 338 Å². The monoisotopic (exact) mass is 814 g/mol. The van der Waals surface area contributed by atoms with Crippen molar-refractivity contribution in [3.05, 3.63) is 60.8 Å². The summed E-state index contributed by atoms with van der Waals surface area (Å²) in [6.07, 6.45) is 32.6. The van der Waals surface area contributed by atoms with Crippen molar-refractivity contribution in [3.63, 3.8) is 0 Å². The van der Waals surface area contributed by atoms with E-state index in [4.69, 9.17) is 23.5 Å². The van der Waals surface area contributed by atoms with Crippen LogP contribution >= 0.6 is 0 Å². The molecule has 1 heterocycles. The zero-order valence-corrected chi connectivity index (χ0v) is 35.0. The Bertz CT molecular complexity index is 1220. The van der Waals surface area contributed by atoms with Crippen LogP contribution in [0.15, 0.2) is 60.8 Å². The minimum atomic E-state index is -5.07. The van der Waals surface area contributed by atoms with Crippen LogP contribution in [0, 0.1) is 0 Å². The number of allylic oxidation sites excluding steroid dienone is 10. The smallest absolute Gasteiger partial charge is 0.397 e. The quantitative estimate of drug-likeness (QED) is 0.0209. The minimum absolute atomic E-state index is 0.0121. The molecule has 324 valence electrons. The predicted molar refractivity (Wildman–Crippen MR) is 220 cm³/mol. The number of ether oxygens (including phenoxy) is 4. The summed E-state index contributed by atoms with van der Waals surface area (Å²) >= 11 is 0. The van der Waals surface area contributed by atoms with Crippen molar-refractivity contribution in [3.8, 4) is 0 Å². The fourth-order valence-corrected chi connectivity index (χ4v) is 6.46. The first-order valence-electron chi connectivity index (χ1n) is 21.0. The normalized spacial score (nSPS) is 21.4. The Morgan fingerprint density at radius 3 is 1.80 bits per heavy atom. The molecule has 0 spiro atoms. The molecule has 0 aromatic carbocycles. The summed E-state index contributed by atoms with van der Waals surface area (Å²) in [5.74, 6) is -0.425. The molecule has 4 N–H and O–H groups in total. The molecule has 1 saturated heterocycles. The second kappa shape index (κ2) is 34.8. The fraction of sp³-hybridized carbons (Fsp3) is 0.744. The zero-order valence-electron chi connectivity index (χ0n) is 34.2. The van der Waals surface area contributed by atoms with E-state index in [1.54, 1.807) is 0 Å². The molecule has 56 heavy (non-hydrogen) atoms. The second-order valence-electron chi connectivity index (χ2n) is 14.2. The Hall–Kier alpha value is -2.20. The van der Waals surface area contributed by atoms with E-state index in [-0.39, 0.29) is 19.6 Å². The number of hydrogen-bond donors (Lipinski definition) is 4. The van der Waals surface area contributed by atoms with Crippen LogP contribution in [0.4, 0.5) is 0 Å². The highest BCUT2D eigenvalue weighted by Crippen LogP contribution is 2.26. The summed E-state index contributed by atoms with van der Waals surface area (Å²) in [5, 5.41) is 30.6. The number of rotatable bonds is 35. The molecule has 0 bridgehead atoms. The minimum Gasteiger partial charge on any atom is -0.457 e. The van der Waals surface area contributed by atoms with Crippen molar-refractivity contribution >= 4 is 16.4 Å². The van der Waals surface area contributed by atoms with Crippen molar-refractivity contribution in [2.45, 2.75) is 179 Å². The lowest BCUT2D eigenvalue weighted by atomic mass is 9.99. The lowest BCUT2D eigenvalue weighted by molar-refractivity contribution is -0.301. The molecule has 6 unspecified atom stereocenters. The SMILES string of the molecule is CC/C=C\C/C=C\C/C=C\CCCCCCOCC(COC1OC(CO)C(O)C(OS(=O)(=O)O)C1O)OC(=O)CCCCCCC/C=C\C/C=C\CCCCC. The molecule has 0 amide bonds. The fourth-order valence-electron chi connectivity index (χ4n) is 5.95. The van der Waals surface area contributed by atoms with Crippen molar-refractivity contribution < 1.29 is 56.2 Å². The highest BCUT2D eigenvalue weighted by molar-refractivity contribution is 7.80. The van der Waals surface area contributed by atoms with Gasteiger partial charge in [0, 0.05) is 13.0 Å². The molecule has 0 aliphatic carbocycles. The third kappa shape index (κ3) is 28.2. The Balaban J connectivity index is 2.50. The van der Waals surface area contributed by atoms with Gasteiger partial charge in [0.25, 0.3) is 0 Å². The van der Waals surface area contributed by atoms with E-state index in [0.29, 0.717) is 13.0 Å². The van der Waals surface area contributed by atoms with Gasteiger partial charge in [-0.25, -0.2) is 4.18 Å². The number of aliphatic hydroxyl groups excluding tert-OH is 3. The Morgan fingerprint density at radius 2 is 1.23 bits per heavy atom. The first kappa shape index (κ1) is 51.8. The van der Waals surface area contributed by atoms with Gasteiger partial charge in [-0.2, -0.15) is 8.42 Å². The van der Waals surface area contributed by atoms with Crippen molar-refractivity contribution in [1.82, 2.24) is 0 Å². The van der Waals surface area contributed by atoms with Crippen LogP contribution in [-0.2, 0) is 38.3 Å². The zero-order chi connectivity index (χ0) is 41.1. The highest BCUT2D eigenvalue weighted by Gasteiger charge is 2.48. The molecule has 6 atom stereocenters. The van der Waals surface area contributed by atoms with E-state index in [2.05, 4.69) is 78.8 Å². The molecule has 13 heteroatoms. The van der Waals surface area contributed by atoms with E-state index < -0.39 is 59.8 Å². The lowest BCUT2D eigenvalue weighted by Crippen LogP contribution is -2.60. The summed E-state index contributed by atoms with van der Waals surface area (Å²) < 4.78 is 58.9. The number of unbranched alkanes of at least 4 members (excludes halogenated alkanes) is 12. The van der Waals surface area contributed by atoms with E-state index in [0.717, 1.165) is 96.3 Å². The summed E-state index contributed by atoms with van der Waals surface area (Å²) in [6.45, 7) is 3.75. The van der Waals surface area contributed by atoms with Crippen molar-refractivity contribution in [2.75, 3.05) is 26.4 Å². The van der Waals surface area contributed by atoms with Gasteiger partial charge in [0.2, 0.25) is 0 Å². The van der Waals surface area contributed by atoms with Crippen LogP contribution in [0.3, 0.4) is 0 Å². The first-order valence-corrected chi connectivity index (χ1v) is 22.4. The van der Waals surface area contributed by atoms with Crippen molar-refractivity contribution in [1.29, 1.82) is 0 Å². The van der Waals surface area contributed by atoms with Gasteiger partial charge in [-0.15, -0.1) is 0 Å². The summed E-state index contributed by atoms with van der Waals surface area (Å²) in [4.78, 5) is 12.8. The predicted octanol–water partition coefficient (Wildman–Crippen LogP) is 8.18.